The summed E-state index contributed by atoms with van der Waals surface area (Å²) in [5.41, 5.74) is 10.4. The van der Waals surface area contributed by atoms with Gasteiger partial charge in [0.1, 0.15) is 12.4 Å². The molecule has 9 nitrogen and oxygen atoms in total. The SMILES string of the molecule is CNC(=O)Cn1cc(-c2nc([C@@](C)(c3ccc(-c4cnc(N)c(C)c4)cc3)C3CC3)no2)cn1. The predicted molar refractivity (Wildman–Crippen MR) is 128 cm³/mol. The number of rotatable bonds is 7. The Hall–Kier alpha value is -4.01. The molecule has 1 saturated carbocycles. The Labute approximate surface area is 197 Å². The third-order valence-electron chi connectivity index (χ3n) is 6.69. The molecule has 1 aromatic carbocycles. The normalized spacial score (nSPS) is 15.1. The molecule has 1 atom stereocenters. The first-order valence-corrected chi connectivity index (χ1v) is 11.3. The van der Waals surface area contributed by atoms with Crippen molar-refractivity contribution in [3.63, 3.8) is 0 Å². The largest absolute Gasteiger partial charge is 0.383 e. The van der Waals surface area contributed by atoms with Crippen molar-refractivity contribution < 1.29 is 9.32 Å². The lowest BCUT2D eigenvalue weighted by molar-refractivity contribution is -0.121. The van der Waals surface area contributed by atoms with Gasteiger partial charge in [0.15, 0.2) is 5.82 Å². The molecule has 9 heteroatoms. The highest BCUT2D eigenvalue weighted by molar-refractivity contribution is 5.75. The molecule has 3 N–H and O–H groups in total. The fraction of sp³-hybridized carbons (Fsp3) is 0.320. The monoisotopic (exact) mass is 457 g/mol. The van der Waals surface area contributed by atoms with E-state index in [1.807, 2.05) is 13.0 Å². The topological polar surface area (TPSA) is 125 Å². The van der Waals surface area contributed by atoms with Crippen molar-refractivity contribution in [3.8, 4) is 22.6 Å². The van der Waals surface area contributed by atoms with E-state index in [4.69, 9.17) is 15.2 Å². The summed E-state index contributed by atoms with van der Waals surface area (Å²) >= 11 is 0. The Bertz CT molecular complexity index is 1340. The molecule has 174 valence electrons. The van der Waals surface area contributed by atoms with Crippen molar-refractivity contribution in [2.75, 3.05) is 12.8 Å². The van der Waals surface area contributed by atoms with Crippen molar-refractivity contribution in [1.82, 2.24) is 30.2 Å². The first-order valence-electron chi connectivity index (χ1n) is 11.3. The van der Waals surface area contributed by atoms with Crippen LogP contribution >= 0.6 is 0 Å². The Balaban J connectivity index is 1.43. The number of aromatic nitrogens is 5. The highest BCUT2D eigenvalue weighted by Crippen LogP contribution is 2.50. The average molecular weight is 458 g/mol. The van der Waals surface area contributed by atoms with Crippen molar-refractivity contribution in [1.29, 1.82) is 0 Å². The molecule has 1 amide bonds. The van der Waals surface area contributed by atoms with Gasteiger partial charge in [-0.15, -0.1) is 0 Å². The van der Waals surface area contributed by atoms with Crippen LogP contribution in [0.25, 0.3) is 22.6 Å². The Morgan fingerprint density at radius 3 is 2.65 bits per heavy atom. The van der Waals surface area contributed by atoms with Gasteiger partial charge in [-0.2, -0.15) is 10.1 Å². The van der Waals surface area contributed by atoms with Gasteiger partial charge >= 0.3 is 0 Å². The number of carbonyl (C=O) groups is 1. The minimum atomic E-state index is -0.367. The van der Waals surface area contributed by atoms with Gasteiger partial charge < -0.3 is 15.6 Å². The standard InChI is InChI=1S/C25H27N7O2/c1-15-10-17(11-28-22(15)26)16-4-6-19(7-5-16)25(2,20-8-9-20)24-30-23(34-31-24)18-12-29-32(13-18)14-21(33)27-3/h4-7,10-13,20H,8-9,14H2,1-3H3,(H2,26,28)(H,27,33)/t25-/m0/s1. The number of nitrogen functional groups attached to an aromatic ring is 1. The summed E-state index contributed by atoms with van der Waals surface area (Å²) in [5.74, 6) is 1.91. The van der Waals surface area contributed by atoms with Crippen LogP contribution in [0.4, 0.5) is 5.82 Å². The van der Waals surface area contributed by atoms with Crippen LogP contribution < -0.4 is 11.1 Å². The van der Waals surface area contributed by atoms with Crippen LogP contribution in [0.2, 0.25) is 0 Å². The van der Waals surface area contributed by atoms with E-state index in [2.05, 4.69) is 51.7 Å². The van der Waals surface area contributed by atoms with Crippen LogP contribution in [0, 0.1) is 12.8 Å². The summed E-state index contributed by atoms with van der Waals surface area (Å²) < 4.78 is 7.17. The highest BCUT2D eigenvalue weighted by Gasteiger charge is 2.47. The second-order valence-electron chi connectivity index (χ2n) is 9.00. The second kappa shape index (κ2) is 8.40. The molecule has 3 aromatic heterocycles. The quantitative estimate of drug-likeness (QED) is 0.436. The van der Waals surface area contributed by atoms with Crippen LogP contribution in [0.15, 0.2) is 53.4 Å². The smallest absolute Gasteiger partial charge is 0.261 e. The molecule has 3 heterocycles. The summed E-state index contributed by atoms with van der Waals surface area (Å²) in [4.78, 5) is 20.6. The summed E-state index contributed by atoms with van der Waals surface area (Å²) in [6.07, 6.45) is 7.40. The highest BCUT2D eigenvalue weighted by atomic mass is 16.5. The third kappa shape index (κ3) is 3.93. The molecule has 0 aliphatic heterocycles. The second-order valence-corrected chi connectivity index (χ2v) is 9.00. The zero-order chi connectivity index (χ0) is 23.9. The number of anilines is 1. The Morgan fingerprint density at radius 2 is 1.97 bits per heavy atom. The average Bonchev–Trinajstić information content (AvgIpc) is 3.41. The lowest BCUT2D eigenvalue weighted by Crippen LogP contribution is -2.28. The van der Waals surface area contributed by atoms with Crippen LogP contribution in [-0.4, -0.2) is 37.9 Å². The van der Waals surface area contributed by atoms with Gasteiger partial charge in [-0.3, -0.25) is 9.48 Å². The van der Waals surface area contributed by atoms with Gasteiger partial charge in [-0.05, 0) is 55.4 Å². The van der Waals surface area contributed by atoms with E-state index < -0.39 is 0 Å². The van der Waals surface area contributed by atoms with Crippen molar-refractivity contribution in [2.24, 2.45) is 5.92 Å². The molecular weight excluding hydrogens is 430 g/mol. The van der Waals surface area contributed by atoms with Crippen LogP contribution in [0.5, 0.6) is 0 Å². The van der Waals surface area contributed by atoms with Crippen molar-refractivity contribution >= 4 is 11.7 Å². The number of pyridine rings is 1. The van der Waals surface area contributed by atoms with E-state index in [-0.39, 0.29) is 17.9 Å². The molecule has 0 radical (unpaired) electrons. The van der Waals surface area contributed by atoms with Crippen LogP contribution in [-0.2, 0) is 16.8 Å². The number of likely N-dealkylation sites (N-methyl/N-ethyl adjacent to an activating group) is 1. The van der Waals surface area contributed by atoms with E-state index in [9.17, 15) is 4.79 Å². The number of nitrogens with two attached hydrogens (primary N) is 1. The minimum absolute atomic E-state index is 0.129. The molecule has 4 aromatic rings. The maximum atomic E-state index is 11.6. The molecule has 1 aliphatic carbocycles. The molecule has 1 fully saturated rings. The number of nitrogens with one attached hydrogen (secondary N) is 1. The Morgan fingerprint density at radius 1 is 1.21 bits per heavy atom. The molecule has 34 heavy (non-hydrogen) atoms. The number of carbonyl (C=O) groups excluding carboxylic acids is 1. The molecule has 0 saturated heterocycles. The van der Waals surface area contributed by atoms with Crippen LogP contribution in [0.3, 0.4) is 0 Å². The van der Waals surface area contributed by atoms with Gasteiger partial charge in [0.25, 0.3) is 5.89 Å². The third-order valence-corrected chi connectivity index (χ3v) is 6.69. The molecule has 0 bridgehead atoms. The molecule has 0 spiro atoms. The summed E-state index contributed by atoms with van der Waals surface area (Å²) in [6.45, 7) is 4.27. The maximum absolute atomic E-state index is 11.6. The first-order chi connectivity index (χ1) is 16.4. The number of aryl methyl sites for hydroxylation is 1. The van der Waals surface area contributed by atoms with E-state index in [1.165, 1.54) is 0 Å². The number of amides is 1. The zero-order valence-electron chi connectivity index (χ0n) is 19.4. The van der Waals surface area contributed by atoms with Gasteiger partial charge in [0.2, 0.25) is 5.91 Å². The van der Waals surface area contributed by atoms with Gasteiger partial charge in [-0.1, -0.05) is 29.4 Å². The van der Waals surface area contributed by atoms with Crippen molar-refractivity contribution in [2.45, 2.75) is 38.6 Å². The molecular formula is C25H27N7O2. The van der Waals surface area contributed by atoms with Gasteiger partial charge in [0, 0.05) is 25.0 Å². The van der Waals surface area contributed by atoms with E-state index >= 15 is 0 Å². The number of hydrogen-bond donors (Lipinski definition) is 2. The Kier molecular flexibility index (Phi) is 5.39. The fourth-order valence-electron chi connectivity index (χ4n) is 4.30. The number of benzene rings is 1. The lowest BCUT2D eigenvalue weighted by Gasteiger charge is -2.27. The number of nitrogens with zero attached hydrogens (tertiary/aromatic N) is 5. The summed E-state index contributed by atoms with van der Waals surface area (Å²) in [5, 5.41) is 11.2. The molecule has 5 rings (SSSR count). The maximum Gasteiger partial charge on any atom is 0.261 e. The van der Waals surface area contributed by atoms with Crippen molar-refractivity contribution in [3.05, 3.63) is 65.9 Å². The zero-order valence-corrected chi connectivity index (χ0v) is 19.4. The fourth-order valence-corrected chi connectivity index (χ4v) is 4.30. The summed E-state index contributed by atoms with van der Waals surface area (Å²) in [7, 11) is 1.59. The van der Waals surface area contributed by atoms with Crippen LogP contribution in [0.1, 0.15) is 36.7 Å². The van der Waals surface area contributed by atoms with E-state index in [0.29, 0.717) is 29.0 Å². The van der Waals surface area contributed by atoms with E-state index in [1.54, 1.807) is 30.3 Å². The summed E-state index contributed by atoms with van der Waals surface area (Å²) in [6, 6.07) is 10.5. The van der Waals surface area contributed by atoms with E-state index in [0.717, 1.165) is 35.1 Å². The molecule has 1 aliphatic rings. The predicted octanol–water partition coefficient (Wildman–Crippen LogP) is 3.35. The first kappa shape index (κ1) is 21.8. The minimum Gasteiger partial charge on any atom is -0.383 e. The van der Waals surface area contributed by atoms with Gasteiger partial charge in [0.05, 0.1) is 17.2 Å². The molecule has 0 unspecified atom stereocenters. The lowest BCUT2D eigenvalue weighted by atomic mass is 9.76. The number of hydrogen-bond acceptors (Lipinski definition) is 7. The van der Waals surface area contributed by atoms with Gasteiger partial charge in [-0.25, -0.2) is 4.98 Å².